The molecule has 8 heteroatoms. The summed E-state index contributed by atoms with van der Waals surface area (Å²) in [5.74, 6) is -0.177. The lowest BCUT2D eigenvalue weighted by Crippen LogP contribution is -2.47. The van der Waals surface area contributed by atoms with Crippen molar-refractivity contribution in [3.8, 4) is 0 Å². The Morgan fingerprint density at radius 2 is 1.76 bits per heavy atom. The minimum Gasteiger partial charge on any atom is -0.379 e. The third-order valence-corrected chi connectivity index (χ3v) is 7.00. The predicted octanol–water partition coefficient (Wildman–Crippen LogP) is 3.93. The maximum Gasteiger partial charge on any atom is 0.242 e. The third kappa shape index (κ3) is 8.18. The molecule has 1 aromatic heterocycles. The monoisotopic (exact) mass is 489 g/mol. The van der Waals surface area contributed by atoms with Crippen LogP contribution < -0.4 is 0 Å². The van der Waals surface area contributed by atoms with Gasteiger partial charge in [-0.2, -0.15) is 0 Å². The van der Waals surface area contributed by atoms with Gasteiger partial charge < -0.3 is 14.5 Å². The molecule has 3 rings (SSSR count). The van der Waals surface area contributed by atoms with E-state index in [9.17, 15) is 14.0 Å². The maximum atomic E-state index is 13.5. The van der Waals surface area contributed by atoms with Crippen molar-refractivity contribution >= 4 is 23.2 Å². The van der Waals surface area contributed by atoms with Crippen molar-refractivity contribution in [3.05, 3.63) is 57.5 Å². The lowest BCUT2D eigenvalue weighted by Gasteiger charge is -2.31. The standard InChI is InChI=1S/C26H36FN3O3S/c1-20(2)16-25(31)29(10-9-28-11-13-33-14-12-28)19-26(32)30(18-24-21(3)8-15-34-24)17-22-4-6-23(27)7-5-22/h4-8,15,20H,9-14,16-19H2,1-3H3. The zero-order chi connectivity index (χ0) is 24.5. The van der Waals surface area contributed by atoms with Crippen molar-refractivity contribution in [3.63, 3.8) is 0 Å². The van der Waals surface area contributed by atoms with E-state index in [1.165, 1.54) is 12.1 Å². The van der Waals surface area contributed by atoms with Crippen LogP contribution in [0, 0.1) is 18.7 Å². The molecule has 2 aromatic rings. The SMILES string of the molecule is Cc1ccsc1CN(Cc1ccc(F)cc1)C(=O)CN(CCN1CCOCC1)C(=O)CC(C)C. The topological polar surface area (TPSA) is 53.1 Å². The summed E-state index contributed by atoms with van der Waals surface area (Å²) in [7, 11) is 0. The van der Waals surface area contributed by atoms with Crippen LogP contribution in [0.1, 0.15) is 36.3 Å². The van der Waals surface area contributed by atoms with Crippen LogP contribution in [0.4, 0.5) is 4.39 Å². The number of rotatable bonds is 11. The Morgan fingerprint density at radius 3 is 2.38 bits per heavy atom. The highest BCUT2D eigenvalue weighted by atomic mass is 32.1. The molecule has 2 heterocycles. The van der Waals surface area contributed by atoms with Crippen LogP contribution in [0.2, 0.25) is 0 Å². The highest BCUT2D eigenvalue weighted by Crippen LogP contribution is 2.20. The Kier molecular flexibility index (Phi) is 10.0. The molecule has 0 aliphatic carbocycles. The number of carbonyl (C=O) groups excluding carboxylic acids is 2. The van der Waals surface area contributed by atoms with E-state index in [0.29, 0.717) is 39.3 Å². The summed E-state index contributed by atoms with van der Waals surface area (Å²) in [6.45, 7) is 11.3. The molecule has 1 aromatic carbocycles. The number of hydrogen-bond donors (Lipinski definition) is 0. The second-order valence-electron chi connectivity index (χ2n) is 9.27. The first-order valence-corrected chi connectivity index (χ1v) is 12.8. The van der Waals surface area contributed by atoms with Crippen LogP contribution in [0.15, 0.2) is 35.7 Å². The molecule has 0 spiro atoms. The lowest BCUT2D eigenvalue weighted by molar-refractivity contribution is -0.142. The predicted molar refractivity (Wildman–Crippen MR) is 133 cm³/mol. The van der Waals surface area contributed by atoms with Gasteiger partial charge in [-0.25, -0.2) is 4.39 Å². The van der Waals surface area contributed by atoms with Crippen molar-refractivity contribution in [1.29, 1.82) is 0 Å². The van der Waals surface area contributed by atoms with E-state index in [0.717, 1.165) is 35.6 Å². The molecule has 34 heavy (non-hydrogen) atoms. The summed E-state index contributed by atoms with van der Waals surface area (Å²) < 4.78 is 18.8. The normalized spacial score (nSPS) is 14.4. The fourth-order valence-electron chi connectivity index (χ4n) is 3.90. The fraction of sp³-hybridized carbons (Fsp3) is 0.538. The van der Waals surface area contributed by atoms with E-state index in [1.807, 2.05) is 32.2 Å². The van der Waals surface area contributed by atoms with Gasteiger partial charge in [0, 0.05) is 44.0 Å². The van der Waals surface area contributed by atoms with Crippen LogP contribution in [-0.4, -0.2) is 72.5 Å². The Bertz CT molecular complexity index is 926. The van der Waals surface area contributed by atoms with Crippen LogP contribution in [0.25, 0.3) is 0 Å². The van der Waals surface area contributed by atoms with Crippen LogP contribution in [0.5, 0.6) is 0 Å². The number of ether oxygens (including phenoxy) is 1. The fourth-order valence-corrected chi connectivity index (χ4v) is 4.82. The molecule has 2 amide bonds. The molecule has 0 bridgehead atoms. The molecule has 0 saturated carbocycles. The van der Waals surface area contributed by atoms with Crippen molar-refractivity contribution in [2.45, 2.75) is 40.3 Å². The number of benzene rings is 1. The van der Waals surface area contributed by atoms with Crippen molar-refractivity contribution < 1.29 is 18.7 Å². The minimum atomic E-state index is -0.302. The summed E-state index contributed by atoms with van der Waals surface area (Å²) in [5, 5.41) is 2.02. The van der Waals surface area contributed by atoms with E-state index in [-0.39, 0.29) is 30.1 Å². The quantitative estimate of drug-likeness (QED) is 0.480. The van der Waals surface area contributed by atoms with Crippen molar-refractivity contribution in [2.24, 2.45) is 5.92 Å². The number of amides is 2. The molecule has 6 nitrogen and oxygen atoms in total. The molecule has 1 aliphatic rings. The van der Waals surface area contributed by atoms with Crippen LogP contribution in [-0.2, 0) is 27.4 Å². The summed E-state index contributed by atoms with van der Waals surface area (Å²) in [4.78, 5) is 33.4. The van der Waals surface area contributed by atoms with E-state index in [4.69, 9.17) is 4.74 Å². The van der Waals surface area contributed by atoms with Gasteiger partial charge in [-0.15, -0.1) is 11.3 Å². The van der Waals surface area contributed by atoms with Gasteiger partial charge in [-0.3, -0.25) is 14.5 Å². The van der Waals surface area contributed by atoms with Gasteiger partial charge in [-0.05, 0) is 47.5 Å². The van der Waals surface area contributed by atoms with E-state index in [1.54, 1.807) is 33.3 Å². The molecule has 186 valence electrons. The zero-order valence-corrected chi connectivity index (χ0v) is 21.3. The third-order valence-electron chi connectivity index (χ3n) is 5.99. The number of hydrogen-bond acceptors (Lipinski definition) is 5. The maximum absolute atomic E-state index is 13.5. The first-order chi connectivity index (χ1) is 16.3. The van der Waals surface area contributed by atoms with Gasteiger partial charge in [0.2, 0.25) is 11.8 Å². The second-order valence-corrected chi connectivity index (χ2v) is 10.3. The lowest BCUT2D eigenvalue weighted by atomic mass is 10.1. The molecule has 1 aliphatic heterocycles. The Morgan fingerprint density at radius 1 is 1.06 bits per heavy atom. The van der Waals surface area contributed by atoms with Gasteiger partial charge >= 0.3 is 0 Å². The first kappa shape index (κ1) is 26.3. The minimum absolute atomic E-state index is 0.00523. The van der Waals surface area contributed by atoms with Crippen LogP contribution >= 0.6 is 11.3 Å². The van der Waals surface area contributed by atoms with E-state index in [2.05, 4.69) is 4.90 Å². The number of nitrogens with zero attached hydrogens (tertiary/aromatic N) is 3. The van der Waals surface area contributed by atoms with Gasteiger partial charge in [0.15, 0.2) is 0 Å². The number of carbonyl (C=O) groups is 2. The van der Waals surface area contributed by atoms with Gasteiger partial charge in [0.25, 0.3) is 0 Å². The molecule has 1 fully saturated rings. The molecule has 1 saturated heterocycles. The Balaban J connectivity index is 1.73. The Labute approximate surface area is 206 Å². The summed E-state index contributed by atoms with van der Waals surface area (Å²) in [6, 6.07) is 8.28. The molecular weight excluding hydrogens is 453 g/mol. The Hall–Kier alpha value is -2.29. The number of aryl methyl sites for hydroxylation is 1. The van der Waals surface area contributed by atoms with Gasteiger partial charge in [0.1, 0.15) is 5.82 Å². The van der Waals surface area contributed by atoms with E-state index >= 15 is 0 Å². The smallest absolute Gasteiger partial charge is 0.242 e. The molecule has 0 atom stereocenters. The van der Waals surface area contributed by atoms with Crippen molar-refractivity contribution in [2.75, 3.05) is 45.9 Å². The second kappa shape index (κ2) is 13.0. The van der Waals surface area contributed by atoms with Gasteiger partial charge in [0.05, 0.1) is 26.3 Å². The summed E-state index contributed by atoms with van der Waals surface area (Å²) in [5.41, 5.74) is 2.00. The van der Waals surface area contributed by atoms with Crippen molar-refractivity contribution in [1.82, 2.24) is 14.7 Å². The summed E-state index contributed by atoms with van der Waals surface area (Å²) >= 11 is 1.62. The van der Waals surface area contributed by atoms with Gasteiger partial charge in [-0.1, -0.05) is 26.0 Å². The summed E-state index contributed by atoms with van der Waals surface area (Å²) in [6.07, 6.45) is 0.415. The highest BCUT2D eigenvalue weighted by Gasteiger charge is 2.24. The average Bonchev–Trinajstić information content (AvgIpc) is 3.22. The van der Waals surface area contributed by atoms with Crippen LogP contribution in [0.3, 0.4) is 0 Å². The van der Waals surface area contributed by atoms with E-state index < -0.39 is 0 Å². The highest BCUT2D eigenvalue weighted by molar-refractivity contribution is 7.10. The molecule has 0 unspecified atom stereocenters. The zero-order valence-electron chi connectivity index (χ0n) is 20.5. The molecule has 0 N–H and O–H groups in total. The average molecular weight is 490 g/mol. The molecular formula is C26H36FN3O3S. The number of thiophene rings is 1. The number of morpholine rings is 1. The first-order valence-electron chi connectivity index (χ1n) is 11.9. The largest absolute Gasteiger partial charge is 0.379 e. The molecule has 0 radical (unpaired) electrons. The number of halogens is 1.